The summed E-state index contributed by atoms with van der Waals surface area (Å²) in [5.41, 5.74) is 3.85. The predicted molar refractivity (Wildman–Crippen MR) is 134 cm³/mol. The number of nitrogens with one attached hydrogen (secondary N) is 2. The van der Waals surface area contributed by atoms with Crippen molar-refractivity contribution in [3.8, 4) is 23.0 Å². The second kappa shape index (κ2) is 10.0. The van der Waals surface area contributed by atoms with E-state index in [9.17, 15) is 4.79 Å². The van der Waals surface area contributed by atoms with E-state index >= 15 is 0 Å². The first-order valence-corrected chi connectivity index (χ1v) is 11.6. The molecule has 2 N–H and O–H groups in total. The van der Waals surface area contributed by atoms with E-state index in [0.29, 0.717) is 37.0 Å². The van der Waals surface area contributed by atoms with Crippen LogP contribution < -0.4 is 24.3 Å². The fraction of sp³-hybridized carbons (Fsp3) is 0.250. The van der Waals surface area contributed by atoms with Crippen molar-refractivity contribution in [2.75, 3.05) is 27.4 Å². The number of hydrogen-bond acceptors (Lipinski definition) is 5. The van der Waals surface area contributed by atoms with Crippen LogP contribution in [0.4, 0.5) is 0 Å². The molecule has 0 bridgehead atoms. The van der Waals surface area contributed by atoms with Crippen molar-refractivity contribution in [3.05, 3.63) is 83.6 Å². The SMILES string of the molecule is COc1cc([C@H](CC(=O)NCc2ccccc2)c2c[nH]c3cccc(OC)c23)cc2c1OCCO2. The van der Waals surface area contributed by atoms with Crippen molar-refractivity contribution < 1.29 is 23.7 Å². The third kappa shape index (κ3) is 4.62. The summed E-state index contributed by atoms with van der Waals surface area (Å²) in [6.45, 7) is 1.39. The third-order valence-corrected chi connectivity index (χ3v) is 6.27. The molecule has 2 heterocycles. The Morgan fingerprint density at radius 2 is 1.80 bits per heavy atom. The number of methoxy groups -OCH3 is 2. The number of aromatic amines is 1. The second-order valence-electron chi connectivity index (χ2n) is 8.39. The van der Waals surface area contributed by atoms with Gasteiger partial charge in [0.25, 0.3) is 0 Å². The van der Waals surface area contributed by atoms with E-state index in [4.69, 9.17) is 18.9 Å². The quantitative estimate of drug-likeness (QED) is 0.385. The Labute approximate surface area is 204 Å². The number of carbonyl (C=O) groups is 1. The molecular formula is C28H28N2O5. The molecule has 0 saturated carbocycles. The summed E-state index contributed by atoms with van der Waals surface area (Å²) in [7, 11) is 3.26. The van der Waals surface area contributed by atoms with Crippen LogP contribution in [-0.2, 0) is 11.3 Å². The van der Waals surface area contributed by atoms with Crippen molar-refractivity contribution in [2.45, 2.75) is 18.9 Å². The smallest absolute Gasteiger partial charge is 0.221 e. The first-order valence-electron chi connectivity index (χ1n) is 11.6. The number of carbonyl (C=O) groups excluding carboxylic acids is 1. The zero-order chi connectivity index (χ0) is 24.2. The first-order chi connectivity index (χ1) is 17.2. The van der Waals surface area contributed by atoms with Crippen LogP contribution in [0.5, 0.6) is 23.0 Å². The van der Waals surface area contributed by atoms with Gasteiger partial charge in [-0.3, -0.25) is 4.79 Å². The number of amides is 1. The maximum atomic E-state index is 13.2. The van der Waals surface area contributed by atoms with Crippen LogP contribution in [0.15, 0.2) is 66.9 Å². The lowest BCUT2D eigenvalue weighted by Gasteiger charge is -2.24. The Morgan fingerprint density at radius 3 is 2.60 bits per heavy atom. The maximum absolute atomic E-state index is 13.2. The molecule has 1 atom stereocenters. The third-order valence-electron chi connectivity index (χ3n) is 6.27. The summed E-state index contributed by atoms with van der Waals surface area (Å²) in [4.78, 5) is 16.5. The average Bonchev–Trinajstić information content (AvgIpc) is 3.34. The van der Waals surface area contributed by atoms with Crippen LogP contribution in [0.25, 0.3) is 10.9 Å². The van der Waals surface area contributed by atoms with Crippen LogP contribution in [0.2, 0.25) is 0 Å². The molecule has 180 valence electrons. The molecule has 0 spiro atoms. The monoisotopic (exact) mass is 472 g/mol. The number of hydrogen-bond donors (Lipinski definition) is 2. The number of H-pyrrole nitrogens is 1. The van der Waals surface area contributed by atoms with Gasteiger partial charge in [0.1, 0.15) is 19.0 Å². The molecule has 0 aliphatic carbocycles. The van der Waals surface area contributed by atoms with E-state index in [1.165, 1.54) is 0 Å². The highest BCUT2D eigenvalue weighted by atomic mass is 16.6. The first kappa shape index (κ1) is 22.7. The molecule has 5 rings (SSSR count). The molecule has 0 radical (unpaired) electrons. The molecule has 7 nitrogen and oxygen atoms in total. The van der Waals surface area contributed by atoms with Crippen LogP contribution in [-0.4, -0.2) is 38.3 Å². The number of rotatable bonds is 8. The molecule has 1 amide bonds. The topological polar surface area (TPSA) is 81.8 Å². The van der Waals surface area contributed by atoms with E-state index in [-0.39, 0.29) is 18.2 Å². The average molecular weight is 473 g/mol. The summed E-state index contributed by atoms with van der Waals surface area (Å²) >= 11 is 0. The fourth-order valence-electron chi connectivity index (χ4n) is 4.58. The zero-order valence-electron chi connectivity index (χ0n) is 19.8. The largest absolute Gasteiger partial charge is 0.496 e. The number of aromatic nitrogens is 1. The van der Waals surface area contributed by atoms with Gasteiger partial charge in [0.05, 0.1) is 14.2 Å². The highest BCUT2D eigenvalue weighted by molar-refractivity contribution is 5.91. The van der Waals surface area contributed by atoms with Gasteiger partial charge in [0.2, 0.25) is 11.7 Å². The molecule has 1 aromatic heterocycles. The summed E-state index contributed by atoms with van der Waals surface area (Å²) in [6, 6.07) is 19.6. The van der Waals surface area contributed by atoms with Crippen LogP contribution in [0.1, 0.15) is 29.0 Å². The Hall–Kier alpha value is -4.13. The molecule has 0 unspecified atom stereocenters. The van der Waals surface area contributed by atoms with Gasteiger partial charge in [0, 0.05) is 36.0 Å². The van der Waals surface area contributed by atoms with Gasteiger partial charge in [-0.05, 0) is 41.0 Å². The van der Waals surface area contributed by atoms with E-state index in [2.05, 4.69) is 10.3 Å². The number of ether oxygens (including phenoxy) is 4. The molecule has 0 saturated heterocycles. The minimum Gasteiger partial charge on any atom is -0.496 e. The normalized spacial score (nSPS) is 13.3. The van der Waals surface area contributed by atoms with Crippen LogP contribution in [0.3, 0.4) is 0 Å². The zero-order valence-corrected chi connectivity index (χ0v) is 19.8. The summed E-state index contributed by atoms with van der Waals surface area (Å²) in [5.74, 6) is 2.20. The van der Waals surface area contributed by atoms with Gasteiger partial charge < -0.3 is 29.2 Å². The molecule has 7 heteroatoms. The standard InChI is InChI=1S/C28H28N2O5/c1-32-23-10-6-9-22-27(23)21(17-29-22)20(15-26(31)30-16-18-7-4-3-5-8-18)19-13-24(33-2)28-25(14-19)34-11-12-35-28/h3-10,13-14,17,20,29H,11-12,15-16H2,1-2H3,(H,30,31)/t20-/m0/s1. The van der Waals surface area contributed by atoms with E-state index in [1.807, 2.05) is 66.9 Å². The Morgan fingerprint density at radius 1 is 1.00 bits per heavy atom. The molecule has 1 aliphatic rings. The lowest BCUT2D eigenvalue weighted by Crippen LogP contribution is -2.25. The molecule has 35 heavy (non-hydrogen) atoms. The highest BCUT2D eigenvalue weighted by Gasteiger charge is 2.27. The minimum atomic E-state index is -0.277. The van der Waals surface area contributed by atoms with Gasteiger partial charge in [-0.25, -0.2) is 0 Å². The van der Waals surface area contributed by atoms with E-state index in [1.54, 1.807) is 14.2 Å². The van der Waals surface area contributed by atoms with Gasteiger partial charge in [-0.15, -0.1) is 0 Å². The lowest BCUT2D eigenvalue weighted by atomic mass is 9.87. The van der Waals surface area contributed by atoms with Crippen molar-refractivity contribution in [1.29, 1.82) is 0 Å². The summed E-state index contributed by atoms with van der Waals surface area (Å²) in [5, 5.41) is 4.01. The Bertz CT molecular complexity index is 1310. The maximum Gasteiger partial charge on any atom is 0.221 e. The lowest BCUT2D eigenvalue weighted by molar-refractivity contribution is -0.121. The van der Waals surface area contributed by atoms with E-state index < -0.39 is 0 Å². The number of fused-ring (bicyclic) bond motifs is 2. The molecule has 0 fully saturated rings. The second-order valence-corrected chi connectivity index (χ2v) is 8.39. The Kier molecular flexibility index (Phi) is 6.48. The van der Waals surface area contributed by atoms with Crippen molar-refractivity contribution in [2.24, 2.45) is 0 Å². The van der Waals surface area contributed by atoms with Crippen molar-refractivity contribution >= 4 is 16.8 Å². The number of benzene rings is 3. The van der Waals surface area contributed by atoms with Crippen molar-refractivity contribution in [3.63, 3.8) is 0 Å². The fourth-order valence-corrected chi connectivity index (χ4v) is 4.58. The molecule has 1 aliphatic heterocycles. The van der Waals surface area contributed by atoms with Gasteiger partial charge in [0.15, 0.2) is 11.5 Å². The molecular weight excluding hydrogens is 444 g/mol. The molecule has 3 aromatic carbocycles. The van der Waals surface area contributed by atoms with E-state index in [0.717, 1.165) is 33.3 Å². The van der Waals surface area contributed by atoms with Crippen LogP contribution >= 0.6 is 0 Å². The predicted octanol–water partition coefficient (Wildman–Crippen LogP) is 4.79. The van der Waals surface area contributed by atoms with Crippen molar-refractivity contribution in [1.82, 2.24) is 10.3 Å². The minimum absolute atomic E-state index is 0.0584. The van der Waals surface area contributed by atoms with Crippen LogP contribution in [0, 0.1) is 0 Å². The van der Waals surface area contributed by atoms with Gasteiger partial charge in [-0.2, -0.15) is 0 Å². The van der Waals surface area contributed by atoms with Gasteiger partial charge in [-0.1, -0.05) is 36.4 Å². The van der Waals surface area contributed by atoms with Gasteiger partial charge >= 0.3 is 0 Å². The Balaban J connectivity index is 1.54. The summed E-state index contributed by atoms with van der Waals surface area (Å²) < 4.78 is 23.0. The molecule has 4 aromatic rings. The summed E-state index contributed by atoms with van der Waals surface area (Å²) in [6.07, 6.45) is 2.19. The highest BCUT2D eigenvalue weighted by Crippen LogP contribution is 2.45.